The van der Waals surface area contributed by atoms with E-state index >= 15 is 0 Å². The van der Waals surface area contributed by atoms with Crippen molar-refractivity contribution in [3.63, 3.8) is 0 Å². The molecule has 11 heteroatoms. The van der Waals surface area contributed by atoms with Crippen molar-refractivity contribution in [1.82, 2.24) is 29.8 Å². The zero-order valence-electron chi connectivity index (χ0n) is 31.2. The topological polar surface area (TPSA) is 127 Å². The number of nitrogens with one attached hydrogen (secondary N) is 1. The first-order chi connectivity index (χ1) is 23.5. The average molecular weight is 684 g/mol. The van der Waals surface area contributed by atoms with Crippen molar-refractivity contribution in [1.29, 1.82) is 5.26 Å². The summed E-state index contributed by atoms with van der Waals surface area (Å²) in [5, 5.41) is 21.5. The number of aromatic nitrogens is 4. The number of ether oxygens (including phenoxy) is 2. The third-order valence-corrected chi connectivity index (χ3v) is 7.16. The molecule has 0 unspecified atom stereocenters. The van der Waals surface area contributed by atoms with E-state index in [1.165, 1.54) is 0 Å². The molecule has 1 N–H and O–H groups in total. The second-order valence-corrected chi connectivity index (χ2v) is 14.7. The first kappa shape index (κ1) is 39.5. The van der Waals surface area contributed by atoms with Crippen LogP contribution < -0.4 is 5.32 Å². The Labute approximate surface area is 297 Å². The maximum atomic E-state index is 12.1. The fourth-order valence-corrected chi connectivity index (χ4v) is 4.93. The highest BCUT2D eigenvalue weighted by molar-refractivity contribution is 5.90. The largest absolute Gasteiger partial charge is 0.456 e. The van der Waals surface area contributed by atoms with Crippen molar-refractivity contribution in [2.24, 2.45) is 0 Å². The van der Waals surface area contributed by atoms with Crippen LogP contribution >= 0.6 is 0 Å². The Kier molecular flexibility index (Phi) is 13.9. The molecule has 268 valence electrons. The van der Waals surface area contributed by atoms with E-state index in [9.17, 15) is 14.9 Å². The molecule has 50 heavy (non-hydrogen) atoms. The molecule has 2 aromatic carbocycles. The minimum Gasteiger partial charge on any atom is -0.456 e. The molecule has 4 rings (SSSR count). The van der Waals surface area contributed by atoms with Gasteiger partial charge >= 0.3 is 11.9 Å². The van der Waals surface area contributed by atoms with Gasteiger partial charge in [0.15, 0.2) is 6.19 Å². The molecule has 0 spiro atoms. The normalized spacial score (nSPS) is 11.5. The predicted octanol–water partition coefficient (Wildman–Crippen LogP) is 7.61. The van der Waals surface area contributed by atoms with Gasteiger partial charge in [-0.1, -0.05) is 24.3 Å². The number of rotatable bonds is 12. The van der Waals surface area contributed by atoms with E-state index < -0.39 is 11.2 Å². The fraction of sp³-hybridized carbons (Fsp3) is 0.462. The monoisotopic (exact) mass is 683 g/mol. The number of benzene rings is 2. The second-order valence-electron chi connectivity index (χ2n) is 14.7. The van der Waals surface area contributed by atoms with Crippen molar-refractivity contribution in [3.05, 3.63) is 107 Å². The minimum atomic E-state index is -0.521. The summed E-state index contributed by atoms with van der Waals surface area (Å²) in [5.41, 5.74) is 4.31. The van der Waals surface area contributed by atoms with Crippen molar-refractivity contribution in [2.45, 2.75) is 119 Å². The van der Waals surface area contributed by atoms with E-state index in [2.05, 4.69) is 49.4 Å². The third-order valence-electron chi connectivity index (χ3n) is 7.16. The molecule has 0 fully saturated rings. The standard InChI is InChI=1S/C20H26N4O2.C19H27N3O2/c1-15(2)24-18(10-11-22-24)13-23(14-21)12-16-6-8-17(9-7-16)19(25)26-20(3,4)5;1-14(2)22-17(10-11-21-22)13-20-12-15-6-8-16(9-7-15)18(23)24-19(3,4)5/h6-11,15H,12-13H2,1-5H3;6-11,14,20H,12-13H2,1-5H3. The van der Waals surface area contributed by atoms with Gasteiger partial charge in [-0.3, -0.25) is 9.36 Å². The Hall–Kier alpha value is -4.95. The molecule has 0 aliphatic heterocycles. The highest BCUT2D eigenvalue weighted by Gasteiger charge is 2.19. The van der Waals surface area contributed by atoms with Gasteiger partial charge in [0.05, 0.1) is 35.6 Å². The van der Waals surface area contributed by atoms with E-state index in [4.69, 9.17) is 9.47 Å². The van der Waals surface area contributed by atoms with Crippen molar-refractivity contribution < 1.29 is 19.1 Å². The molecule has 0 amide bonds. The Morgan fingerprint density at radius 1 is 0.700 bits per heavy atom. The van der Waals surface area contributed by atoms with E-state index in [1.807, 2.05) is 106 Å². The summed E-state index contributed by atoms with van der Waals surface area (Å²) < 4.78 is 14.7. The maximum Gasteiger partial charge on any atom is 0.338 e. The van der Waals surface area contributed by atoms with E-state index in [-0.39, 0.29) is 18.0 Å². The number of hydrogen-bond donors (Lipinski definition) is 1. The van der Waals surface area contributed by atoms with Crippen LogP contribution in [0, 0.1) is 11.5 Å². The molecular formula is C39H53N7O4. The van der Waals surface area contributed by atoms with Crippen LogP contribution in [0.4, 0.5) is 0 Å². The lowest BCUT2D eigenvalue weighted by atomic mass is 10.1. The summed E-state index contributed by atoms with van der Waals surface area (Å²) in [6.45, 7) is 21.9. The highest BCUT2D eigenvalue weighted by atomic mass is 16.6. The van der Waals surface area contributed by atoms with Crippen molar-refractivity contribution in [2.75, 3.05) is 0 Å². The lowest BCUT2D eigenvalue weighted by molar-refractivity contribution is 0.00570. The average Bonchev–Trinajstić information content (AvgIpc) is 3.70. The van der Waals surface area contributed by atoms with Crippen LogP contribution in [0.25, 0.3) is 0 Å². The van der Waals surface area contributed by atoms with Gasteiger partial charge in [-0.25, -0.2) is 9.59 Å². The number of esters is 2. The Balaban J connectivity index is 0.000000271. The molecule has 0 saturated carbocycles. The van der Waals surface area contributed by atoms with E-state index in [1.54, 1.807) is 23.2 Å². The zero-order valence-corrected chi connectivity index (χ0v) is 31.2. The second kappa shape index (κ2) is 17.6. The lowest BCUT2D eigenvalue weighted by Gasteiger charge is -2.20. The molecule has 0 aliphatic rings. The molecule has 4 aromatic rings. The molecule has 0 saturated heterocycles. The summed E-state index contributed by atoms with van der Waals surface area (Å²) in [4.78, 5) is 25.7. The van der Waals surface area contributed by atoms with Gasteiger partial charge in [-0.05, 0) is 117 Å². The summed E-state index contributed by atoms with van der Waals surface area (Å²) in [5.74, 6) is -0.634. The van der Waals surface area contributed by atoms with Gasteiger partial charge in [-0.2, -0.15) is 15.5 Å². The SMILES string of the molecule is CC(C)n1nccc1CN(C#N)Cc1ccc(C(=O)OC(C)(C)C)cc1.CC(C)n1nccc1CNCc1ccc(C(=O)OC(C)(C)C)cc1. The summed E-state index contributed by atoms with van der Waals surface area (Å²) in [7, 11) is 0. The van der Waals surface area contributed by atoms with Crippen LogP contribution in [0.5, 0.6) is 0 Å². The van der Waals surface area contributed by atoms with Crippen LogP contribution in [0.2, 0.25) is 0 Å². The van der Waals surface area contributed by atoms with E-state index in [0.717, 1.165) is 35.6 Å². The molecule has 0 bridgehead atoms. The number of carbonyl (C=O) groups is 2. The molecular weight excluding hydrogens is 630 g/mol. The molecule has 11 nitrogen and oxygen atoms in total. The van der Waals surface area contributed by atoms with Crippen LogP contribution in [-0.2, 0) is 35.7 Å². The molecule has 0 atom stereocenters. The molecule has 2 heterocycles. The Bertz CT molecular complexity index is 1700. The highest BCUT2D eigenvalue weighted by Crippen LogP contribution is 2.17. The number of carbonyl (C=O) groups excluding carboxylic acids is 2. The van der Waals surface area contributed by atoms with Crippen molar-refractivity contribution in [3.8, 4) is 6.19 Å². The van der Waals surface area contributed by atoms with Gasteiger partial charge in [0.1, 0.15) is 11.2 Å². The first-order valence-electron chi connectivity index (χ1n) is 17.0. The first-order valence-corrected chi connectivity index (χ1v) is 17.0. The smallest absolute Gasteiger partial charge is 0.338 e. The van der Waals surface area contributed by atoms with Crippen LogP contribution in [0.3, 0.4) is 0 Å². The molecule has 2 aromatic heterocycles. The van der Waals surface area contributed by atoms with Crippen LogP contribution in [-0.4, -0.2) is 47.6 Å². The summed E-state index contributed by atoms with van der Waals surface area (Å²) in [6, 6.07) is 19.2. The Morgan fingerprint density at radius 3 is 1.58 bits per heavy atom. The number of nitrogens with zero attached hydrogens (tertiary/aromatic N) is 6. The fourth-order valence-electron chi connectivity index (χ4n) is 4.93. The minimum absolute atomic E-state index is 0.244. The van der Waals surface area contributed by atoms with E-state index in [0.29, 0.717) is 30.3 Å². The van der Waals surface area contributed by atoms with Crippen LogP contribution in [0.15, 0.2) is 73.1 Å². The Morgan fingerprint density at radius 2 is 1.14 bits per heavy atom. The zero-order chi connectivity index (χ0) is 37.1. The van der Waals surface area contributed by atoms with Gasteiger partial charge in [-0.15, -0.1) is 0 Å². The van der Waals surface area contributed by atoms with Gasteiger partial charge in [0.25, 0.3) is 0 Å². The molecule has 0 radical (unpaired) electrons. The summed E-state index contributed by atoms with van der Waals surface area (Å²) >= 11 is 0. The predicted molar refractivity (Wildman–Crippen MR) is 194 cm³/mol. The lowest BCUT2D eigenvalue weighted by Crippen LogP contribution is -2.24. The van der Waals surface area contributed by atoms with Crippen LogP contribution in [0.1, 0.15) is 125 Å². The third kappa shape index (κ3) is 12.8. The van der Waals surface area contributed by atoms with Gasteiger partial charge in [0, 0.05) is 37.6 Å². The maximum absolute atomic E-state index is 12.1. The van der Waals surface area contributed by atoms with Gasteiger partial charge < -0.3 is 19.7 Å². The van der Waals surface area contributed by atoms with Gasteiger partial charge in [0.2, 0.25) is 0 Å². The number of hydrogen-bond acceptors (Lipinski definition) is 9. The summed E-state index contributed by atoms with van der Waals surface area (Å²) in [6.07, 6.45) is 5.80. The van der Waals surface area contributed by atoms with Crippen molar-refractivity contribution >= 4 is 11.9 Å². The molecule has 0 aliphatic carbocycles. The quantitative estimate of drug-likeness (QED) is 0.0912. The number of nitriles is 1.